The summed E-state index contributed by atoms with van der Waals surface area (Å²) < 4.78 is 40.9. The molecule has 0 amide bonds. The number of alkyl halides is 3. The molecule has 29 heavy (non-hydrogen) atoms. The summed E-state index contributed by atoms with van der Waals surface area (Å²) in [6, 6.07) is 0.425. The molecule has 0 saturated heterocycles. The van der Waals surface area contributed by atoms with Crippen molar-refractivity contribution in [1.29, 1.82) is 0 Å². The average Bonchev–Trinajstić information content (AvgIpc) is 3.42. The van der Waals surface area contributed by atoms with Crippen molar-refractivity contribution >= 4 is 17.5 Å². The van der Waals surface area contributed by atoms with Gasteiger partial charge in [-0.05, 0) is 26.2 Å². The fourth-order valence-electron chi connectivity index (χ4n) is 3.66. The second kappa shape index (κ2) is 7.33. The molecule has 0 spiro atoms. The quantitative estimate of drug-likeness (QED) is 0.669. The van der Waals surface area contributed by atoms with Crippen LogP contribution in [-0.2, 0) is 6.18 Å². The van der Waals surface area contributed by atoms with Crippen LogP contribution in [0.25, 0.3) is 0 Å². The molecule has 1 saturated carbocycles. The van der Waals surface area contributed by atoms with E-state index in [4.69, 9.17) is 0 Å². The van der Waals surface area contributed by atoms with Gasteiger partial charge < -0.3 is 10.6 Å². The third-order valence-electron chi connectivity index (χ3n) is 5.11. The van der Waals surface area contributed by atoms with Crippen LogP contribution in [0.1, 0.15) is 42.6 Å². The lowest BCUT2D eigenvalue weighted by atomic mass is 10.2. The summed E-state index contributed by atoms with van der Waals surface area (Å²) in [6.07, 6.45) is 3.95. The van der Waals surface area contributed by atoms with Gasteiger partial charge in [0, 0.05) is 13.2 Å². The number of nitrogens with zero attached hydrogens (tertiary/aromatic N) is 7. The molecular weight excluding hydrogens is 387 g/mol. The van der Waals surface area contributed by atoms with Crippen LogP contribution in [0.3, 0.4) is 0 Å². The second-order valence-corrected chi connectivity index (χ2v) is 6.89. The molecule has 0 radical (unpaired) electrons. The highest BCUT2D eigenvalue weighted by Gasteiger charge is 2.35. The Bertz CT molecular complexity index is 981. The summed E-state index contributed by atoms with van der Waals surface area (Å²) in [5.74, 6) is -0.222. The molecule has 4 rings (SSSR count). The Balaban J connectivity index is 1.51. The Hall–Kier alpha value is -3.18. The van der Waals surface area contributed by atoms with Crippen LogP contribution in [0.15, 0.2) is 24.8 Å². The molecule has 1 fully saturated rings. The van der Waals surface area contributed by atoms with E-state index in [1.807, 2.05) is 11.6 Å². The normalized spacial score (nSPS) is 19.5. The van der Waals surface area contributed by atoms with Crippen molar-refractivity contribution in [2.75, 3.05) is 17.7 Å². The van der Waals surface area contributed by atoms with Gasteiger partial charge in [-0.3, -0.25) is 4.68 Å². The van der Waals surface area contributed by atoms with Gasteiger partial charge in [0.25, 0.3) is 0 Å². The predicted molar refractivity (Wildman–Crippen MR) is 98.8 cm³/mol. The maximum absolute atomic E-state index is 13.0. The van der Waals surface area contributed by atoms with Gasteiger partial charge in [0.2, 0.25) is 5.95 Å². The summed E-state index contributed by atoms with van der Waals surface area (Å²) in [4.78, 5) is 9.47. The van der Waals surface area contributed by atoms with Gasteiger partial charge in [-0.2, -0.15) is 38.2 Å². The molecule has 0 unspecified atom stereocenters. The number of rotatable bonds is 5. The molecule has 2 N–H and O–H groups in total. The van der Waals surface area contributed by atoms with Crippen LogP contribution in [-0.4, -0.2) is 41.8 Å². The lowest BCUT2D eigenvalue weighted by molar-refractivity contribution is -0.137. The first-order chi connectivity index (χ1) is 13.9. The lowest BCUT2D eigenvalue weighted by Crippen LogP contribution is -2.13. The van der Waals surface area contributed by atoms with Crippen LogP contribution in [0.2, 0.25) is 0 Å². The van der Waals surface area contributed by atoms with Crippen LogP contribution < -0.4 is 10.6 Å². The van der Waals surface area contributed by atoms with E-state index in [0.717, 1.165) is 31.2 Å². The van der Waals surface area contributed by atoms with E-state index in [2.05, 4.69) is 35.9 Å². The molecule has 1 aliphatic rings. The fourth-order valence-corrected chi connectivity index (χ4v) is 3.66. The average molecular weight is 407 g/mol. The van der Waals surface area contributed by atoms with E-state index in [1.54, 1.807) is 23.4 Å². The minimum Gasteiger partial charge on any atom is -0.372 e. The number of hydrogen-bond acceptors (Lipinski definition) is 7. The van der Waals surface area contributed by atoms with Gasteiger partial charge in [0.05, 0.1) is 42.1 Å². The maximum atomic E-state index is 13.0. The van der Waals surface area contributed by atoms with Crippen molar-refractivity contribution in [1.82, 2.24) is 34.7 Å². The summed E-state index contributed by atoms with van der Waals surface area (Å²) >= 11 is 0. The van der Waals surface area contributed by atoms with Gasteiger partial charge >= 0.3 is 6.18 Å². The second-order valence-electron chi connectivity index (χ2n) is 6.89. The largest absolute Gasteiger partial charge is 0.421 e. The summed E-state index contributed by atoms with van der Waals surface area (Å²) in [5.41, 5.74) is 0.591. The first-order valence-electron chi connectivity index (χ1n) is 9.15. The minimum absolute atomic E-state index is 0.0649. The van der Waals surface area contributed by atoms with E-state index in [-0.39, 0.29) is 23.8 Å². The Morgan fingerprint density at radius 3 is 2.48 bits per heavy atom. The molecule has 3 aromatic rings. The molecule has 2 atom stereocenters. The molecule has 12 heteroatoms. The fraction of sp³-hybridized carbons (Fsp3) is 0.471. The number of nitrogens with one attached hydrogen (secondary N) is 2. The van der Waals surface area contributed by atoms with Crippen molar-refractivity contribution in [3.05, 3.63) is 36.0 Å². The Kier molecular flexibility index (Phi) is 4.84. The third-order valence-corrected chi connectivity index (χ3v) is 5.11. The van der Waals surface area contributed by atoms with Crippen molar-refractivity contribution in [2.24, 2.45) is 0 Å². The standard InChI is InChI=1S/C17H20F3N9/c1-10-14(26-16-22-8-13(17(18,19)20)15(21-2)27-16)9-25-28(10)11-3-4-12(7-11)29-23-5-6-24-29/h5-6,8-9,11-12H,3-4,7H2,1-2H3,(H2,21,22,26,27)/t11-,12-/m1/s1. The topological polar surface area (TPSA) is 98.4 Å². The molecule has 154 valence electrons. The SMILES string of the molecule is CNc1nc(Nc2cnn([C@@H]3CC[C@@H](n4nccn4)C3)c2C)ncc1C(F)(F)F. The van der Waals surface area contributed by atoms with Crippen molar-refractivity contribution < 1.29 is 13.2 Å². The first kappa shape index (κ1) is 19.2. The number of halogens is 3. The zero-order chi connectivity index (χ0) is 20.6. The molecule has 0 aliphatic heterocycles. The highest BCUT2D eigenvalue weighted by molar-refractivity contribution is 5.58. The first-order valence-corrected chi connectivity index (χ1v) is 9.15. The molecule has 1 aliphatic carbocycles. The van der Waals surface area contributed by atoms with E-state index in [1.165, 1.54) is 7.05 Å². The van der Waals surface area contributed by atoms with E-state index < -0.39 is 11.7 Å². The van der Waals surface area contributed by atoms with Crippen molar-refractivity contribution in [3.8, 4) is 0 Å². The highest BCUT2D eigenvalue weighted by Crippen LogP contribution is 2.38. The van der Waals surface area contributed by atoms with Gasteiger partial charge in [-0.25, -0.2) is 4.98 Å². The van der Waals surface area contributed by atoms with Crippen LogP contribution in [0.4, 0.5) is 30.6 Å². The highest BCUT2D eigenvalue weighted by atomic mass is 19.4. The molecule has 0 bridgehead atoms. The Labute approximate surface area is 164 Å². The Morgan fingerprint density at radius 1 is 1.07 bits per heavy atom. The van der Waals surface area contributed by atoms with Crippen LogP contribution >= 0.6 is 0 Å². The zero-order valence-corrected chi connectivity index (χ0v) is 15.8. The molecule has 9 nitrogen and oxygen atoms in total. The molecule has 0 aromatic carbocycles. The van der Waals surface area contributed by atoms with Crippen LogP contribution in [0, 0.1) is 6.92 Å². The predicted octanol–water partition coefficient (Wildman–Crippen LogP) is 3.34. The van der Waals surface area contributed by atoms with Gasteiger partial charge in [-0.1, -0.05) is 0 Å². The van der Waals surface area contributed by atoms with E-state index in [0.29, 0.717) is 5.69 Å². The molecule has 3 heterocycles. The third kappa shape index (κ3) is 3.74. The minimum atomic E-state index is -4.53. The maximum Gasteiger partial charge on any atom is 0.421 e. The monoisotopic (exact) mass is 407 g/mol. The van der Waals surface area contributed by atoms with E-state index in [9.17, 15) is 13.2 Å². The van der Waals surface area contributed by atoms with Gasteiger partial charge in [0.1, 0.15) is 11.4 Å². The number of hydrogen-bond donors (Lipinski definition) is 2. The van der Waals surface area contributed by atoms with E-state index >= 15 is 0 Å². The lowest BCUT2D eigenvalue weighted by Gasteiger charge is -2.15. The van der Waals surface area contributed by atoms with Gasteiger partial charge in [-0.15, -0.1) is 0 Å². The van der Waals surface area contributed by atoms with Crippen LogP contribution in [0.5, 0.6) is 0 Å². The molecular formula is C17H20F3N9. The summed E-state index contributed by atoms with van der Waals surface area (Å²) in [5, 5.41) is 18.3. The van der Waals surface area contributed by atoms with Crippen molar-refractivity contribution in [2.45, 2.75) is 44.4 Å². The summed E-state index contributed by atoms with van der Waals surface area (Å²) in [7, 11) is 1.38. The summed E-state index contributed by atoms with van der Waals surface area (Å²) in [6.45, 7) is 1.90. The molecule has 3 aromatic heterocycles. The van der Waals surface area contributed by atoms with Gasteiger partial charge in [0.15, 0.2) is 0 Å². The number of aromatic nitrogens is 7. The number of anilines is 3. The Morgan fingerprint density at radius 2 is 1.79 bits per heavy atom. The smallest absolute Gasteiger partial charge is 0.372 e. The zero-order valence-electron chi connectivity index (χ0n) is 15.8. The van der Waals surface area contributed by atoms with Crippen molar-refractivity contribution in [3.63, 3.8) is 0 Å².